The Hall–Kier alpha value is -2.23. The molecule has 1 aliphatic heterocycles. The van der Waals surface area contributed by atoms with Gasteiger partial charge in [-0.25, -0.2) is 0 Å². The van der Waals surface area contributed by atoms with Gasteiger partial charge in [-0.05, 0) is 61.4 Å². The monoisotopic (exact) mass is 352 g/mol. The van der Waals surface area contributed by atoms with E-state index in [1.54, 1.807) is 7.11 Å². The van der Waals surface area contributed by atoms with E-state index in [-0.39, 0.29) is 0 Å². The zero-order valence-corrected chi connectivity index (χ0v) is 15.7. The second-order valence-corrected chi connectivity index (χ2v) is 7.63. The van der Waals surface area contributed by atoms with Gasteiger partial charge in [0.05, 0.1) is 25.1 Å². The molecule has 1 aromatic heterocycles. The highest BCUT2D eigenvalue weighted by atomic mass is 16.5. The molecule has 1 saturated carbocycles. The quantitative estimate of drug-likeness (QED) is 0.784. The van der Waals surface area contributed by atoms with Gasteiger partial charge in [-0.3, -0.25) is 4.98 Å². The fourth-order valence-electron chi connectivity index (χ4n) is 4.35. The van der Waals surface area contributed by atoms with E-state index in [1.165, 1.54) is 24.1 Å². The summed E-state index contributed by atoms with van der Waals surface area (Å²) in [5.41, 5.74) is 2.55. The molecule has 0 N–H and O–H groups in total. The van der Waals surface area contributed by atoms with Crippen molar-refractivity contribution in [2.45, 2.75) is 44.6 Å². The summed E-state index contributed by atoms with van der Waals surface area (Å²) in [6, 6.07) is 10.6. The number of rotatable bonds is 5. The number of hydrogen-bond donors (Lipinski definition) is 0. The lowest BCUT2D eigenvalue weighted by Crippen LogP contribution is -2.19. The molecule has 2 aromatic rings. The van der Waals surface area contributed by atoms with E-state index in [0.717, 1.165) is 37.4 Å². The molecule has 0 bridgehead atoms. The Morgan fingerprint density at radius 2 is 1.92 bits per heavy atom. The minimum absolute atomic E-state index is 0.340. The zero-order valence-electron chi connectivity index (χ0n) is 15.7. The molecule has 4 rings (SSSR count). The van der Waals surface area contributed by atoms with Crippen LogP contribution in [0.25, 0.3) is 0 Å². The predicted octanol–water partition coefficient (Wildman–Crippen LogP) is 4.65. The fourth-order valence-corrected chi connectivity index (χ4v) is 4.35. The van der Waals surface area contributed by atoms with Gasteiger partial charge in [-0.1, -0.05) is 13.0 Å². The van der Waals surface area contributed by atoms with Crippen LogP contribution in [0.1, 0.15) is 44.1 Å². The van der Waals surface area contributed by atoms with E-state index in [4.69, 9.17) is 9.47 Å². The van der Waals surface area contributed by atoms with Crippen LogP contribution in [-0.4, -0.2) is 31.3 Å². The van der Waals surface area contributed by atoms with Crippen molar-refractivity contribution in [1.82, 2.24) is 4.98 Å². The van der Waals surface area contributed by atoms with Gasteiger partial charge in [0.25, 0.3) is 0 Å². The molecule has 26 heavy (non-hydrogen) atoms. The molecule has 0 spiro atoms. The van der Waals surface area contributed by atoms with Crippen LogP contribution in [0.5, 0.6) is 11.5 Å². The van der Waals surface area contributed by atoms with Crippen molar-refractivity contribution < 1.29 is 9.47 Å². The summed E-state index contributed by atoms with van der Waals surface area (Å²) in [4.78, 5) is 6.70. The van der Waals surface area contributed by atoms with Crippen molar-refractivity contribution in [1.29, 1.82) is 0 Å². The van der Waals surface area contributed by atoms with E-state index in [0.29, 0.717) is 17.9 Å². The molecule has 2 aliphatic rings. The van der Waals surface area contributed by atoms with Crippen molar-refractivity contribution in [2.75, 3.05) is 25.1 Å². The van der Waals surface area contributed by atoms with Crippen LogP contribution in [0.3, 0.4) is 0 Å². The SMILES string of the molecule is COc1ccc([C@H]2CN(c3cccnc3)C[C@H]2C)cc1OC1CCCC1. The van der Waals surface area contributed by atoms with Crippen molar-refractivity contribution >= 4 is 5.69 Å². The minimum Gasteiger partial charge on any atom is -0.493 e. The molecule has 0 unspecified atom stereocenters. The number of nitrogens with zero attached hydrogens (tertiary/aromatic N) is 2. The lowest BCUT2D eigenvalue weighted by Gasteiger charge is -2.20. The van der Waals surface area contributed by atoms with Crippen LogP contribution in [0, 0.1) is 5.92 Å². The van der Waals surface area contributed by atoms with Gasteiger partial charge in [-0.2, -0.15) is 0 Å². The first-order chi connectivity index (χ1) is 12.7. The maximum atomic E-state index is 6.30. The summed E-state index contributed by atoms with van der Waals surface area (Å²) < 4.78 is 11.8. The largest absolute Gasteiger partial charge is 0.493 e. The van der Waals surface area contributed by atoms with Crippen molar-refractivity contribution in [3.8, 4) is 11.5 Å². The summed E-state index contributed by atoms with van der Waals surface area (Å²) in [7, 11) is 1.72. The molecule has 0 radical (unpaired) electrons. The molecule has 1 saturated heterocycles. The van der Waals surface area contributed by atoms with Gasteiger partial charge in [0, 0.05) is 25.2 Å². The maximum absolute atomic E-state index is 6.30. The number of anilines is 1. The van der Waals surface area contributed by atoms with E-state index < -0.39 is 0 Å². The average molecular weight is 352 g/mol. The highest BCUT2D eigenvalue weighted by Crippen LogP contribution is 2.39. The standard InChI is InChI=1S/C22H28N2O2/c1-16-14-24(18-6-5-11-23-13-18)15-20(16)17-9-10-21(25-2)22(12-17)26-19-7-3-4-8-19/h5-6,9-13,16,19-20H,3-4,7-8,14-15H2,1-2H3/t16-,20+/m1/s1. The topological polar surface area (TPSA) is 34.6 Å². The Balaban J connectivity index is 1.55. The molecule has 2 heterocycles. The molecule has 2 atom stereocenters. The predicted molar refractivity (Wildman–Crippen MR) is 104 cm³/mol. The summed E-state index contributed by atoms with van der Waals surface area (Å²) in [5.74, 6) is 2.83. The van der Waals surface area contributed by atoms with E-state index in [2.05, 4.69) is 41.1 Å². The molecule has 4 heteroatoms. The Morgan fingerprint density at radius 1 is 1.08 bits per heavy atom. The van der Waals surface area contributed by atoms with Crippen LogP contribution in [0.15, 0.2) is 42.7 Å². The van der Waals surface area contributed by atoms with Crippen LogP contribution in [0.4, 0.5) is 5.69 Å². The van der Waals surface area contributed by atoms with E-state index >= 15 is 0 Å². The molecule has 138 valence electrons. The molecule has 0 amide bonds. The van der Waals surface area contributed by atoms with Gasteiger partial charge in [0.1, 0.15) is 0 Å². The Bertz CT molecular complexity index is 728. The molecular formula is C22H28N2O2. The third-order valence-corrected chi connectivity index (χ3v) is 5.84. The van der Waals surface area contributed by atoms with Crippen LogP contribution in [-0.2, 0) is 0 Å². The molecule has 2 fully saturated rings. The maximum Gasteiger partial charge on any atom is 0.161 e. The van der Waals surface area contributed by atoms with Crippen LogP contribution in [0.2, 0.25) is 0 Å². The number of ether oxygens (including phenoxy) is 2. The van der Waals surface area contributed by atoms with Crippen molar-refractivity contribution in [3.05, 3.63) is 48.3 Å². The first-order valence-electron chi connectivity index (χ1n) is 9.74. The number of pyridine rings is 1. The fraction of sp³-hybridized carbons (Fsp3) is 0.500. The second-order valence-electron chi connectivity index (χ2n) is 7.63. The number of hydrogen-bond acceptors (Lipinski definition) is 4. The average Bonchev–Trinajstić information content (AvgIpc) is 3.32. The van der Waals surface area contributed by atoms with E-state index in [9.17, 15) is 0 Å². The molecule has 1 aromatic carbocycles. The normalized spacial score (nSPS) is 23.4. The molecule has 1 aliphatic carbocycles. The summed E-state index contributed by atoms with van der Waals surface area (Å²) in [6.07, 6.45) is 8.98. The summed E-state index contributed by atoms with van der Waals surface area (Å²) in [5, 5.41) is 0. The first-order valence-corrected chi connectivity index (χ1v) is 9.74. The zero-order chi connectivity index (χ0) is 17.9. The number of benzene rings is 1. The van der Waals surface area contributed by atoms with Gasteiger partial charge in [-0.15, -0.1) is 0 Å². The Morgan fingerprint density at radius 3 is 2.65 bits per heavy atom. The second kappa shape index (κ2) is 7.56. The molecule has 4 nitrogen and oxygen atoms in total. The van der Waals surface area contributed by atoms with Gasteiger partial charge in [0.2, 0.25) is 0 Å². The number of aromatic nitrogens is 1. The van der Waals surface area contributed by atoms with E-state index in [1.807, 2.05) is 18.5 Å². The Labute approximate surface area is 156 Å². The lowest BCUT2D eigenvalue weighted by molar-refractivity contribution is 0.200. The minimum atomic E-state index is 0.340. The van der Waals surface area contributed by atoms with Gasteiger partial charge < -0.3 is 14.4 Å². The summed E-state index contributed by atoms with van der Waals surface area (Å²) in [6.45, 7) is 4.41. The van der Waals surface area contributed by atoms with Crippen molar-refractivity contribution in [3.63, 3.8) is 0 Å². The third kappa shape index (κ3) is 3.50. The van der Waals surface area contributed by atoms with Gasteiger partial charge >= 0.3 is 0 Å². The third-order valence-electron chi connectivity index (χ3n) is 5.84. The molecular weight excluding hydrogens is 324 g/mol. The van der Waals surface area contributed by atoms with Crippen molar-refractivity contribution in [2.24, 2.45) is 5.92 Å². The first kappa shape index (κ1) is 17.2. The highest BCUT2D eigenvalue weighted by molar-refractivity contribution is 5.49. The number of methoxy groups -OCH3 is 1. The lowest BCUT2D eigenvalue weighted by atomic mass is 9.90. The van der Waals surface area contributed by atoms with Gasteiger partial charge in [0.15, 0.2) is 11.5 Å². The summed E-state index contributed by atoms with van der Waals surface area (Å²) >= 11 is 0. The smallest absolute Gasteiger partial charge is 0.161 e. The Kier molecular flexibility index (Phi) is 5.00. The highest BCUT2D eigenvalue weighted by Gasteiger charge is 2.32. The van der Waals surface area contributed by atoms with Crippen LogP contribution < -0.4 is 14.4 Å². The van der Waals surface area contributed by atoms with Crippen LogP contribution >= 0.6 is 0 Å².